The fourth-order valence-corrected chi connectivity index (χ4v) is 0.558. The molecule has 0 fully saturated rings. The average molecular weight is 156 g/mol. The van der Waals surface area contributed by atoms with Crippen LogP contribution in [0.1, 0.15) is 6.92 Å². The Bertz CT molecular complexity index is 231. The van der Waals surface area contributed by atoms with Gasteiger partial charge in [0.15, 0.2) is 0 Å². The van der Waals surface area contributed by atoms with Gasteiger partial charge in [0.25, 0.3) is 0 Å². The lowest BCUT2D eigenvalue weighted by Gasteiger charge is -2.05. The first-order valence-electron chi connectivity index (χ1n) is 3.03. The predicted octanol–water partition coefficient (Wildman–Crippen LogP) is -0.826. The summed E-state index contributed by atoms with van der Waals surface area (Å²) >= 11 is 0. The maximum atomic E-state index is 10.9. The minimum atomic E-state index is -0.883. The van der Waals surface area contributed by atoms with Crippen molar-refractivity contribution in [3.63, 3.8) is 0 Å². The van der Waals surface area contributed by atoms with Crippen LogP contribution in [0, 0.1) is 0 Å². The van der Waals surface area contributed by atoms with Crippen LogP contribution in [0.15, 0.2) is 12.7 Å². The van der Waals surface area contributed by atoms with Crippen LogP contribution in [0.2, 0.25) is 0 Å². The number of aliphatic hydroxyl groups is 1. The molecule has 0 aromatic carbocycles. The van der Waals surface area contributed by atoms with Crippen LogP contribution in [0.4, 0.5) is 4.79 Å². The summed E-state index contributed by atoms with van der Waals surface area (Å²) in [6.45, 7) is 1.44. The lowest BCUT2D eigenvalue weighted by atomic mass is 10.6. The number of nitrogens with one attached hydrogen (secondary N) is 1. The van der Waals surface area contributed by atoms with Gasteiger partial charge in [-0.2, -0.15) is 9.78 Å². The highest BCUT2D eigenvalue weighted by Crippen LogP contribution is 1.80. The molecule has 0 aliphatic heterocycles. The molecule has 2 N–H and O–H groups in total. The number of hydrogen-bond acceptors (Lipinski definition) is 4. The Morgan fingerprint density at radius 3 is 3.00 bits per heavy atom. The first-order chi connectivity index (χ1) is 5.20. The fraction of sp³-hybridized carbons (Fsp3) is 0.400. The van der Waals surface area contributed by atoms with Gasteiger partial charge in [-0.3, -0.25) is 0 Å². The predicted molar refractivity (Wildman–Crippen MR) is 35.6 cm³/mol. The van der Waals surface area contributed by atoms with Gasteiger partial charge >= 0.3 is 6.03 Å². The number of aromatic nitrogens is 3. The number of nitrogens with zero attached hydrogens (tertiary/aromatic N) is 3. The summed E-state index contributed by atoms with van der Waals surface area (Å²) in [6.07, 6.45) is 1.60. The standard InChI is InChI=1S/C5H8N4O2/c1-4(10)8-5(11)9-3-6-2-7-9/h2-4,10H,1H3,(H,8,11). The molecule has 0 bridgehead atoms. The molecule has 0 saturated carbocycles. The van der Waals surface area contributed by atoms with Crippen LogP contribution >= 0.6 is 0 Å². The van der Waals surface area contributed by atoms with Crippen molar-refractivity contribution in [2.45, 2.75) is 13.2 Å². The summed E-state index contributed by atoms with van der Waals surface area (Å²) in [4.78, 5) is 14.5. The van der Waals surface area contributed by atoms with E-state index in [-0.39, 0.29) is 0 Å². The van der Waals surface area contributed by atoms with Crippen molar-refractivity contribution in [2.24, 2.45) is 0 Å². The van der Waals surface area contributed by atoms with Crippen molar-refractivity contribution < 1.29 is 9.90 Å². The van der Waals surface area contributed by atoms with Crippen molar-refractivity contribution >= 4 is 6.03 Å². The highest BCUT2D eigenvalue weighted by atomic mass is 16.3. The number of carbonyl (C=O) groups excluding carboxylic acids is 1. The molecule has 0 radical (unpaired) electrons. The van der Waals surface area contributed by atoms with Gasteiger partial charge in [-0.05, 0) is 6.92 Å². The average Bonchev–Trinajstić information content (AvgIpc) is 2.35. The third kappa shape index (κ3) is 2.01. The van der Waals surface area contributed by atoms with Crippen LogP contribution in [0.3, 0.4) is 0 Å². The smallest absolute Gasteiger partial charge is 0.345 e. The largest absolute Gasteiger partial charge is 0.374 e. The molecule has 1 aromatic rings. The first kappa shape index (κ1) is 7.67. The third-order valence-electron chi connectivity index (χ3n) is 0.959. The Morgan fingerprint density at radius 2 is 2.55 bits per heavy atom. The second kappa shape index (κ2) is 3.11. The molecule has 0 spiro atoms. The topological polar surface area (TPSA) is 80.0 Å². The van der Waals surface area contributed by atoms with E-state index in [2.05, 4.69) is 15.4 Å². The molecular formula is C5H8N4O2. The maximum Gasteiger partial charge on any atom is 0.345 e. The molecule has 6 nitrogen and oxygen atoms in total. The van der Waals surface area contributed by atoms with Crippen LogP contribution in [-0.2, 0) is 0 Å². The van der Waals surface area contributed by atoms with Crippen LogP contribution in [0.5, 0.6) is 0 Å². The van der Waals surface area contributed by atoms with Gasteiger partial charge < -0.3 is 10.4 Å². The SMILES string of the molecule is CC(O)NC(=O)n1cncn1. The molecule has 0 aliphatic carbocycles. The molecule has 1 atom stereocenters. The van der Waals surface area contributed by atoms with Crippen molar-refractivity contribution in [2.75, 3.05) is 0 Å². The van der Waals surface area contributed by atoms with Crippen molar-refractivity contribution in [1.82, 2.24) is 20.1 Å². The van der Waals surface area contributed by atoms with Crippen LogP contribution < -0.4 is 5.32 Å². The summed E-state index contributed by atoms with van der Waals surface area (Å²) in [6, 6.07) is -0.502. The second-order valence-corrected chi connectivity index (χ2v) is 1.97. The lowest BCUT2D eigenvalue weighted by molar-refractivity contribution is 0.156. The molecule has 1 rings (SSSR count). The van der Waals surface area contributed by atoms with Crippen molar-refractivity contribution in [3.8, 4) is 0 Å². The minimum absolute atomic E-state index is 0.502. The number of rotatable bonds is 1. The van der Waals surface area contributed by atoms with E-state index in [0.29, 0.717) is 0 Å². The highest BCUT2D eigenvalue weighted by Gasteiger charge is 2.05. The zero-order valence-corrected chi connectivity index (χ0v) is 5.93. The monoisotopic (exact) mass is 156 g/mol. The van der Waals surface area contributed by atoms with E-state index >= 15 is 0 Å². The van der Waals surface area contributed by atoms with E-state index in [1.54, 1.807) is 0 Å². The molecule has 1 heterocycles. The van der Waals surface area contributed by atoms with Gasteiger partial charge in [0, 0.05) is 0 Å². The zero-order valence-electron chi connectivity index (χ0n) is 5.93. The molecule has 11 heavy (non-hydrogen) atoms. The quantitative estimate of drug-likeness (QED) is 0.520. The summed E-state index contributed by atoms with van der Waals surface area (Å²) in [7, 11) is 0. The van der Waals surface area contributed by atoms with Gasteiger partial charge in [-0.15, -0.1) is 0 Å². The van der Waals surface area contributed by atoms with Crippen LogP contribution in [0.25, 0.3) is 0 Å². The molecular weight excluding hydrogens is 148 g/mol. The van der Waals surface area contributed by atoms with E-state index in [1.165, 1.54) is 19.6 Å². The lowest BCUT2D eigenvalue weighted by Crippen LogP contribution is -2.35. The summed E-state index contributed by atoms with van der Waals surface area (Å²) in [5.41, 5.74) is 0. The van der Waals surface area contributed by atoms with Gasteiger partial charge in [0.2, 0.25) is 0 Å². The third-order valence-corrected chi connectivity index (χ3v) is 0.959. The van der Waals surface area contributed by atoms with Crippen molar-refractivity contribution in [1.29, 1.82) is 0 Å². The Balaban J connectivity index is 2.57. The van der Waals surface area contributed by atoms with E-state index < -0.39 is 12.3 Å². The molecule has 1 unspecified atom stereocenters. The highest BCUT2D eigenvalue weighted by molar-refractivity contribution is 5.75. The molecule has 6 heteroatoms. The van der Waals surface area contributed by atoms with E-state index in [0.717, 1.165) is 4.68 Å². The van der Waals surface area contributed by atoms with E-state index in [1.807, 2.05) is 0 Å². The normalized spacial score (nSPS) is 12.5. The van der Waals surface area contributed by atoms with E-state index in [4.69, 9.17) is 5.11 Å². The molecule has 0 saturated heterocycles. The summed E-state index contributed by atoms with van der Waals surface area (Å²) < 4.78 is 0.993. The maximum absolute atomic E-state index is 10.9. The Kier molecular flexibility index (Phi) is 2.17. The Hall–Kier alpha value is -1.43. The zero-order chi connectivity index (χ0) is 8.27. The molecule has 0 aliphatic rings. The van der Waals surface area contributed by atoms with Gasteiger partial charge in [0.1, 0.15) is 18.9 Å². The number of aliphatic hydroxyl groups excluding tert-OH is 1. The molecule has 60 valence electrons. The number of hydrogen-bond donors (Lipinski definition) is 2. The summed E-state index contributed by atoms with van der Waals surface area (Å²) in [5.74, 6) is 0. The van der Waals surface area contributed by atoms with Crippen LogP contribution in [-0.4, -0.2) is 32.1 Å². The Morgan fingerprint density at radius 1 is 1.82 bits per heavy atom. The van der Waals surface area contributed by atoms with Gasteiger partial charge in [0.05, 0.1) is 0 Å². The number of carbonyl (C=O) groups is 1. The first-order valence-corrected chi connectivity index (χ1v) is 3.03. The van der Waals surface area contributed by atoms with E-state index in [9.17, 15) is 4.79 Å². The fourth-order valence-electron chi connectivity index (χ4n) is 0.558. The summed E-state index contributed by atoms with van der Waals surface area (Å²) in [5, 5.41) is 14.5. The van der Waals surface area contributed by atoms with Gasteiger partial charge in [-0.25, -0.2) is 9.78 Å². The van der Waals surface area contributed by atoms with Gasteiger partial charge in [-0.1, -0.05) is 0 Å². The Labute approximate surface area is 62.9 Å². The van der Waals surface area contributed by atoms with Crippen molar-refractivity contribution in [3.05, 3.63) is 12.7 Å². The minimum Gasteiger partial charge on any atom is -0.374 e. The molecule has 1 aromatic heterocycles. The second-order valence-electron chi connectivity index (χ2n) is 1.97. The number of amides is 1. The molecule has 1 amide bonds.